The highest BCUT2D eigenvalue weighted by atomic mass is 16.5. The number of piperidine rings is 1. The second kappa shape index (κ2) is 10.2. The van der Waals surface area contributed by atoms with Crippen molar-refractivity contribution in [1.82, 2.24) is 19.9 Å². The molecule has 0 spiro atoms. The number of aryl methyl sites for hydroxylation is 1. The number of hydrogen-bond donors (Lipinski definition) is 0. The fraction of sp³-hybridized carbons (Fsp3) is 0.625. The van der Waals surface area contributed by atoms with Crippen molar-refractivity contribution in [3.05, 3.63) is 47.6 Å². The molecule has 0 bridgehead atoms. The first kappa shape index (κ1) is 21.0. The van der Waals surface area contributed by atoms with Gasteiger partial charge < -0.3 is 14.3 Å². The lowest BCUT2D eigenvalue weighted by molar-refractivity contribution is -0.132. The number of carbonyl (C=O) groups excluding carboxylic acids is 1. The van der Waals surface area contributed by atoms with Crippen LogP contribution in [-0.4, -0.2) is 58.1 Å². The molecule has 0 radical (unpaired) electrons. The van der Waals surface area contributed by atoms with Crippen LogP contribution < -0.4 is 0 Å². The number of likely N-dealkylation sites (tertiary alicyclic amines) is 1. The normalized spacial score (nSPS) is 20.1. The van der Waals surface area contributed by atoms with Gasteiger partial charge in [-0.1, -0.05) is 41.9 Å². The molecule has 1 saturated carbocycles. The Kier molecular flexibility index (Phi) is 7.16. The van der Waals surface area contributed by atoms with Gasteiger partial charge >= 0.3 is 0 Å². The average molecular weight is 411 g/mol. The Morgan fingerprint density at radius 3 is 2.73 bits per heavy atom. The lowest BCUT2D eigenvalue weighted by Gasteiger charge is -2.39. The lowest BCUT2D eigenvalue weighted by Crippen LogP contribution is -2.50. The van der Waals surface area contributed by atoms with Crippen molar-refractivity contribution < 1.29 is 9.32 Å². The summed E-state index contributed by atoms with van der Waals surface area (Å²) < 4.78 is 5.43. The molecular formula is C24H34N4O2. The first-order chi connectivity index (χ1) is 14.7. The quantitative estimate of drug-likeness (QED) is 0.629. The van der Waals surface area contributed by atoms with E-state index in [1.807, 2.05) is 4.90 Å². The Balaban J connectivity index is 1.26. The molecule has 1 aromatic heterocycles. The first-order valence-electron chi connectivity index (χ1n) is 11.5. The van der Waals surface area contributed by atoms with Gasteiger partial charge in [-0.05, 0) is 57.2 Å². The molecular weight excluding hydrogens is 376 g/mol. The average Bonchev–Trinajstić information content (AvgIpc) is 3.16. The van der Waals surface area contributed by atoms with E-state index in [1.54, 1.807) is 6.92 Å². The summed E-state index contributed by atoms with van der Waals surface area (Å²) in [6.07, 6.45) is 8.72. The number of amides is 1. The van der Waals surface area contributed by atoms with Crippen LogP contribution in [0.15, 0.2) is 34.9 Å². The Labute approximate surface area is 179 Å². The minimum Gasteiger partial charge on any atom is -0.339 e. The molecule has 1 amide bonds. The maximum Gasteiger partial charge on any atom is 0.229 e. The van der Waals surface area contributed by atoms with Gasteiger partial charge in [0.2, 0.25) is 11.8 Å². The molecule has 2 fully saturated rings. The second-order valence-corrected chi connectivity index (χ2v) is 8.82. The summed E-state index contributed by atoms with van der Waals surface area (Å²) in [7, 11) is 0. The summed E-state index contributed by atoms with van der Waals surface area (Å²) in [5, 5.41) is 4.15. The van der Waals surface area contributed by atoms with Crippen LogP contribution in [-0.2, 0) is 17.6 Å². The summed E-state index contributed by atoms with van der Waals surface area (Å²) in [6.45, 7) is 5.54. The zero-order valence-corrected chi connectivity index (χ0v) is 18.1. The van der Waals surface area contributed by atoms with Crippen LogP contribution in [0.2, 0.25) is 0 Å². The molecule has 6 nitrogen and oxygen atoms in total. The summed E-state index contributed by atoms with van der Waals surface area (Å²) in [4.78, 5) is 21.5. The van der Waals surface area contributed by atoms with Gasteiger partial charge in [0, 0.05) is 38.4 Å². The SMILES string of the molecule is CC(=O)N(CCc1noc(C2CCC2)n1)C1CCCN(CCCc2ccccc2)C1. The third kappa shape index (κ3) is 5.48. The van der Waals surface area contributed by atoms with Crippen molar-refractivity contribution in [2.24, 2.45) is 0 Å². The van der Waals surface area contributed by atoms with E-state index in [2.05, 4.69) is 45.4 Å². The molecule has 1 aliphatic heterocycles. The lowest BCUT2D eigenvalue weighted by atomic mass is 9.85. The first-order valence-corrected chi connectivity index (χ1v) is 11.5. The standard InChI is InChI=1S/C24H34N4O2/c1-19(29)28(17-14-23-25-24(30-26-23)21-11-5-12-21)22-13-7-16-27(18-22)15-6-10-20-8-3-2-4-9-20/h2-4,8-9,21-22H,5-7,10-18H2,1H3. The Bertz CT molecular complexity index is 803. The molecule has 1 saturated heterocycles. The summed E-state index contributed by atoms with van der Waals surface area (Å²) in [6, 6.07) is 11.0. The summed E-state index contributed by atoms with van der Waals surface area (Å²) >= 11 is 0. The van der Waals surface area contributed by atoms with Gasteiger partial charge in [0.15, 0.2) is 5.82 Å². The Morgan fingerprint density at radius 1 is 1.17 bits per heavy atom. The minimum atomic E-state index is 0.147. The van der Waals surface area contributed by atoms with Crippen molar-refractivity contribution in [2.75, 3.05) is 26.2 Å². The predicted octanol–water partition coefficient (Wildman–Crippen LogP) is 3.83. The molecule has 0 N–H and O–H groups in total. The van der Waals surface area contributed by atoms with Crippen LogP contribution in [0.4, 0.5) is 0 Å². The predicted molar refractivity (Wildman–Crippen MR) is 116 cm³/mol. The Morgan fingerprint density at radius 2 is 2.00 bits per heavy atom. The third-order valence-electron chi connectivity index (χ3n) is 6.62. The molecule has 2 aromatic rings. The number of carbonyl (C=O) groups is 1. The van der Waals surface area contributed by atoms with Crippen LogP contribution in [0.25, 0.3) is 0 Å². The molecule has 2 aliphatic rings. The molecule has 1 unspecified atom stereocenters. The number of benzene rings is 1. The van der Waals surface area contributed by atoms with Gasteiger partial charge in [0.25, 0.3) is 0 Å². The summed E-state index contributed by atoms with van der Waals surface area (Å²) in [5.74, 6) is 2.12. The monoisotopic (exact) mass is 410 g/mol. The molecule has 4 rings (SSSR count). The fourth-order valence-electron chi connectivity index (χ4n) is 4.65. The third-order valence-corrected chi connectivity index (χ3v) is 6.62. The largest absolute Gasteiger partial charge is 0.339 e. The van der Waals surface area contributed by atoms with E-state index < -0.39 is 0 Å². The molecule has 1 aromatic carbocycles. The molecule has 6 heteroatoms. The zero-order valence-electron chi connectivity index (χ0n) is 18.1. The zero-order chi connectivity index (χ0) is 20.8. The van der Waals surface area contributed by atoms with Crippen molar-refractivity contribution in [1.29, 1.82) is 0 Å². The van der Waals surface area contributed by atoms with Crippen LogP contribution >= 0.6 is 0 Å². The van der Waals surface area contributed by atoms with Crippen LogP contribution in [0.5, 0.6) is 0 Å². The number of rotatable bonds is 9. The van der Waals surface area contributed by atoms with E-state index in [0.29, 0.717) is 18.9 Å². The minimum absolute atomic E-state index is 0.147. The highest BCUT2D eigenvalue weighted by Crippen LogP contribution is 2.35. The van der Waals surface area contributed by atoms with Gasteiger partial charge in [-0.15, -0.1) is 0 Å². The number of aromatic nitrogens is 2. The van der Waals surface area contributed by atoms with Crippen LogP contribution in [0.1, 0.15) is 68.6 Å². The number of nitrogens with zero attached hydrogens (tertiary/aromatic N) is 4. The van der Waals surface area contributed by atoms with Crippen LogP contribution in [0.3, 0.4) is 0 Å². The highest BCUT2D eigenvalue weighted by molar-refractivity contribution is 5.73. The van der Waals surface area contributed by atoms with Crippen molar-refractivity contribution in [3.63, 3.8) is 0 Å². The van der Waals surface area contributed by atoms with Crippen LogP contribution in [0, 0.1) is 0 Å². The smallest absolute Gasteiger partial charge is 0.229 e. The van der Waals surface area contributed by atoms with E-state index >= 15 is 0 Å². The van der Waals surface area contributed by atoms with Gasteiger partial charge in [-0.2, -0.15) is 4.98 Å². The molecule has 162 valence electrons. The Hall–Kier alpha value is -2.21. The highest BCUT2D eigenvalue weighted by Gasteiger charge is 2.28. The maximum absolute atomic E-state index is 12.4. The van der Waals surface area contributed by atoms with Gasteiger partial charge in [0.1, 0.15) is 0 Å². The van der Waals surface area contributed by atoms with E-state index in [1.165, 1.54) is 12.0 Å². The van der Waals surface area contributed by atoms with Gasteiger partial charge in [0.05, 0.1) is 0 Å². The second-order valence-electron chi connectivity index (χ2n) is 8.82. The van der Waals surface area contributed by atoms with Gasteiger partial charge in [-0.25, -0.2) is 0 Å². The van der Waals surface area contributed by atoms with Crippen molar-refractivity contribution >= 4 is 5.91 Å². The molecule has 1 atom stereocenters. The topological polar surface area (TPSA) is 62.5 Å². The van der Waals surface area contributed by atoms with Crippen molar-refractivity contribution in [3.8, 4) is 0 Å². The molecule has 30 heavy (non-hydrogen) atoms. The number of hydrogen-bond acceptors (Lipinski definition) is 5. The maximum atomic E-state index is 12.4. The van der Waals surface area contributed by atoms with E-state index in [9.17, 15) is 4.79 Å². The van der Waals surface area contributed by atoms with E-state index in [-0.39, 0.29) is 11.9 Å². The fourth-order valence-corrected chi connectivity index (χ4v) is 4.65. The molecule has 1 aliphatic carbocycles. The van der Waals surface area contributed by atoms with E-state index in [0.717, 1.165) is 69.9 Å². The van der Waals surface area contributed by atoms with Gasteiger partial charge in [-0.3, -0.25) is 4.79 Å². The summed E-state index contributed by atoms with van der Waals surface area (Å²) in [5.41, 5.74) is 1.40. The molecule has 2 heterocycles. The van der Waals surface area contributed by atoms with Crippen molar-refractivity contribution in [2.45, 2.75) is 70.3 Å². The van der Waals surface area contributed by atoms with E-state index in [4.69, 9.17) is 4.52 Å².